The lowest BCUT2D eigenvalue weighted by Crippen LogP contribution is -2.17. The zero-order valence-electron chi connectivity index (χ0n) is 11.5. The van der Waals surface area contributed by atoms with Crippen molar-refractivity contribution >= 4 is 27.8 Å². The number of hydrogen-bond acceptors (Lipinski definition) is 4. The fraction of sp³-hybridized carbons (Fsp3) is 0.133. The third-order valence-electron chi connectivity index (χ3n) is 3.30. The van der Waals surface area contributed by atoms with Crippen molar-refractivity contribution in [1.82, 2.24) is 9.66 Å². The summed E-state index contributed by atoms with van der Waals surface area (Å²) < 4.78 is 14.7. The third kappa shape index (κ3) is 2.38. The van der Waals surface area contributed by atoms with Crippen molar-refractivity contribution in [3.63, 3.8) is 0 Å². The molecule has 0 unspecified atom stereocenters. The van der Waals surface area contributed by atoms with E-state index >= 15 is 0 Å². The number of benzene rings is 1. The van der Waals surface area contributed by atoms with Crippen molar-refractivity contribution in [3.05, 3.63) is 62.8 Å². The van der Waals surface area contributed by atoms with E-state index in [0.29, 0.717) is 15.8 Å². The standard InChI is InChI=1S/C15H12FN3OS/c1-9-10(2)21-14-13(9)15(20)19(8-17-14)18-7-11-5-3-4-6-12(11)16/h3-8H,1-2H3/b18-7+. The Morgan fingerprint density at radius 2 is 2.10 bits per heavy atom. The van der Waals surface area contributed by atoms with Gasteiger partial charge in [0.1, 0.15) is 17.0 Å². The summed E-state index contributed by atoms with van der Waals surface area (Å²) in [4.78, 5) is 18.4. The summed E-state index contributed by atoms with van der Waals surface area (Å²) in [5.74, 6) is -0.383. The van der Waals surface area contributed by atoms with Crippen LogP contribution in [-0.2, 0) is 0 Å². The molecule has 106 valence electrons. The highest BCUT2D eigenvalue weighted by molar-refractivity contribution is 7.18. The van der Waals surface area contributed by atoms with Crippen LogP contribution in [0, 0.1) is 19.7 Å². The quantitative estimate of drug-likeness (QED) is 0.683. The van der Waals surface area contributed by atoms with Crippen molar-refractivity contribution in [3.8, 4) is 0 Å². The molecule has 1 aromatic carbocycles. The molecule has 0 aliphatic heterocycles. The summed E-state index contributed by atoms with van der Waals surface area (Å²) in [7, 11) is 0. The predicted octanol–water partition coefficient (Wildman–Crippen LogP) is 3.10. The van der Waals surface area contributed by atoms with Gasteiger partial charge in [0, 0.05) is 10.4 Å². The van der Waals surface area contributed by atoms with Crippen LogP contribution in [0.2, 0.25) is 0 Å². The number of aryl methyl sites for hydroxylation is 2. The second-order valence-electron chi connectivity index (χ2n) is 4.62. The van der Waals surface area contributed by atoms with Crippen LogP contribution in [0.15, 0.2) is 40.5 Å². The second-order valence-corrected chi connectivity index (χ2v) is 5.83. The van der Waals surface area contributed by atoms with Crippen molar-refractivity contribution < 1.29 is 4.39 Å². The molecule has 2 aromatic heterocycles. The van der Waals surface area contributed by atoms with Crippen LogP contribution in [0.5, 0.6) is 0 Å². The van der Waals surface area contributed by atoms with Gasteiger partial charge in [-0.05, 0) is 25.5 Å². The average Bonchev–Trinajstić information content (AvgIpc) is 2.76. The SMILES string of the molecule is Cc1sc2ncn(/N=C/c3ccccc3F)c(=O)c2c1C. The summed E-state index contributed by atoms with van der Waals surface area (Å²) in [6.07, 6.45) is 2.68. The molecular formula is C15H12FN3OS. The predicted molar refractivity (Wildman–Crippen MR) is 82.7 cm³/mol. The van der Waals surface area contributed by atoms with Gasteiger partial charge in [0.05, 0.1) is 11.6 Å². The molecular weight excluding hydrogens is 289 g/mol. The van der Waals surface area contributed by atoms with Gasteiger partial charge in [-0.25, -0.2) is 9.37 Å². The van der Waals surface area contributed by atoms with Gasteiger partial charge in [-0.3, -0.25) is 4.79 Å². The molecule has 0 atom stereocenters. The maximum Gasteiger partial charge on any atom is 0.282 e. The average molecular weight is 301 g/mol. The second kappa shape index (κ2) is 5.21. The van der Waals surface area contributed by atoms with E-state index in [1.807, 2.05) is 13.8 Å². The maximum atomic E-state index is 13.5. The number of nitrogens with zero attached hydrogens (tertiary/aromatic N) is 3. The van der Waals surface area contributed by atoms with E-state index < -0.39 is 0 Å². The van der Waals surface area contributed by atoms with Crippen LogP contribution in [-0.4, -0.2) is 15.9 Å². The fourth-order valence-corrected chi connectivity index (χ4v) is 3.00. The van der Waals surface area contributed by atoms with E-state index in [2.05, 4.69) is 10.1 Å². The third-order valence-corrected chi connectivity index (χ3v) is 4.41. The first-order chi connectivity index (χ1) is 10.1. The van der Waals surface area contributed by atoms with Gasteiger partial charge < -0.3 is 0 Å². The molecule has 0 bridgehead atoms. The molecule has 0 spiro atoms. The summed E-state index contributed by atoms with van der Waals surface area (Å²) >= 11 is 1.48. The molecule has 0 aliphatic rings. The van der Waals surface area contributed by atoms with E-state index in [9.17, 15) is 9.18 Å². The highest BCUT2D eigenvalue weighted by atomic mass is 32.1. The molecule has 21 heavy (non-hydrogen) atoms. The Kier molecular flexibility index (Phi) is 3.39. The van der Waals surface area contributed by atoms with Gasteiger partial charge in [-0.1, -0.05) is 18.2 Å². The molecule has 2 heterocycles. The Balaban J connectivity index is 2.10. The molecule has 0 saturated carbocycles. The normalized spacial score (nSPS) is 11.6. The first-order valence-electron chi connectivity index (χ1n) is 6.34. The molecule has 0 fully saturated rings. The Labute approximate surface area is 124 Å². The van der Waals surface area contributed by atoms with Gasteiger partial charge in [0.25, 0.3) is 5.56 Å². The fourth-order valence-electron chi connectivity index (χ4n) is 2.01. The Morgan fingerprint density at radius 3 is 2.86 bits per heavy atom. The molecule has 0 amide bonds. The molecule has 3 rings (SSSR count). The zero-order chi connectivity index (χ0) is 15.0. The number of halogens is 1. The Morgan fingerprint density at radius 1 is 1.33 bits per heavy atom. The maximum absolute atomic E-state index is 13.5. The van der Waals surface area contributed by atoms with E-state index in [4.69, 9.17) is 0 Å². The summed E-state index contributed by atoms with van der Waals surface area (Å²) in [6.45, 7) is 3.84. The van der Waals surface area contributed by atoms with Crippen molar-refractivity contribution in [1.29, 1.82) is 0 Å². The number of aromatic nitrogens is 2. The summed E-state index contributed by atoms with van der Waals surface area (Å²) in [6, 6.07) is 6.25. The zero-order valence-corrected chi connectivity index (χ0v) is 12.3. The lowest BCUT2D eigenvalue weighted by atomic mass is 10.2. The largest absolute Gasteiger partial charge is 0.282 e. The molecule has 0 radical (unpaired) electrons. The van der Waals surface area contributed by atoms with Crippen LogP contribution in [0.4, 0.5) is 4.39 Å². The van der Waals surface area contributed by atoms with E-state index in [0.717, 1.165) is 15.1 Å². The molecule has 6 heteroatoms. The lowest BCUT2D eigenvalue weighted by Gasteiger charge is -1.99. The first kappa shape index (κ1) is 13.6. The molecule has 0 aliphatic carbocycles. The first-order valence-corrected chi connectivity index (χ1v) is 7.16. The Hall–Kier alpha value is -2.34. The Bertz CT molecular complexity index is 911. The number of rotatable bonds is 2. The van der Waals surface area contributed by atoms with Crippen molar-refractivity contribution in [2.75, 3.05) is 0 Å². The highest BCUT2D eigenvalue weighted by Crippen LogP contribution is 2.25. The van der Waals surface area contributed by atoms with Gasteiger partial charge >= 0.3 is 0 Å². The van der Waals surface area contributed by atoms with E-state index in [1.165, 1.54) is 29.9 Å². The van der Waals surface area contributed by atoms with Crippen LogP contribution in [0.3, 0.4) is 0 Å². The minimum Gasteiger partial charge on any atom is -0.267 e. The minimum atomic E-state index is -0.383. The number of thiophene rings is 1. The molecule has 0 N–H and O–H groups in total. The van der Waals surface area contributed by atoms with Crippen LogP contribution >= 0.6 is 11.3 Å². The highest BCUT2D eigenvalue weighted by Gasteiger charge is 2.11. The van der Waals surface area contributed by atoms with Crippen LogP contribution < -0.4 is 5.56 Å². The van der Waals surface area contributed by atoms with Gasteiger partial charge in [-0.2, -0.15) is 9.78 Å². The van der Waals surface area contributed by atoms with Crippen molar-refractivity contribution in [2.45, 2.75) is 13.8 Å². The monoisotopic (exact) mass is 301 g/mol. The van der Waals surface area contributed by atoms with E-state index in [1.54, 1.807) is 18.2 Å². The number of fused-ring (bicyclic) bond motifs is 1. The van der Waals surface area contributed by atoms with Crippen molar-refractivity contribution in [2.24, 2.45) is 5.10 Å². The number of hydrogen-bond donors (Lipinski definition) is 0. The van der Waals surface area contributed by atoms with Gasteiger partial charge in [-0.15, -0.1) is 11.3 Å². The van der Waals surface area contributed by atoms with E-state index in [-0.39, 0.29) is 11.4 Å². The lowest BCUT2D eigenvalue weighted by molar-refractivity contribution is 0.625. The van der Waals surface area contributed by atoms with Gasteiger partial charge in [0.2, 0.25) is 0 Å². The topological polar surface area (TPSA) is 47.2 Å². The van der Waals surface area contributed by atoms with Crippen LogP contribution in [0.1, 0.15) is 16.0 Å². The minimum absolute atomic E-state index is 0.241. The summed E-state index contributed by atoms with van der Waals surface area (Å²) in [5, 5.41) is 4.59. The van der Waals surface area contributed by atoms with Gasteiger partial charge in [0.15, 0.2) is 0 Å². The molecule has 3 aromatic rings. The molecule has 0 saturated heterocycles. The van der Waals surface area contributed by atoms with Crippen LogP contribution in [0.25, 0.3) is 10.2 Å². The summed E-state index contributed by atoms with van der Waals surface area (Å²) in [5.41, 5.74) is 1.00. The smallest absolute Gasteiger partial charge is 0.267 e. The molecule has 4 nitrogen and oxygen atoms in total.